The van der Waals surface area contributed by atoms with Crippen LogP contribution in [-0.4, -0.2) is 47.0 Å². The van der Waals surface area contributed by atoms with Gasteiger partial charge >= 0.3 is 6.16 Å². The van der Waals surface area contributed by atoms with Crippen LogP contribution in [0.4, 0.5) is 9.18 Å². The third-order valence-corrected chi connectivity index (χ3v) is 4.86. The molecule has 1 saturated heterocycles. The molecule has 8 heteroatoms. The molecule has 0 aliphatic carbocycles. The van der Waals surface area contributed by atoms with Gasteiger partial charge in [0, 0.05) is 25.3 Å². The highest BCUT2D eigenvalue weighted by Crippen LogP contribution is 2.22. The Labute approximate surface area is 165 Å². The van der Waals surface area contributed by atoms with Crippen molar-refractivity contribution < 1.29 is 23.8 Å². The monoisotopic (exact) mass is 398 g/mol. The standard InChI is InChI=1S/C21H19FN2O5/c22-15-3-6-17-18(11-15)24(13-19(20(17)25)29-21(26)27)16-4-1-14(2-5-16)12-23-7-9-28-10-8-23/h1-6,11,13H,7-10,12H2,(H,26,27). The van der Waals surface area contributed by atoms with Gasteiger partial charge in [-0.05, 0) is 35.9 Å². The second kappa shape index (κ2) is 8.02. The number of fused-ring (bicyclic) bond motifs is 1. The van der Waals surface area contributed by atoms with E-state index in [1.54, 1.807) is 4.57 Å². The van der Waals surface area contributed by atoms with Crippen LogP contribution in [-0.2, 0) is 11.3 Å². The number of carboxylic acid groups (broad SMARTS) is 1. The fourth-order valence-electron chi connectivity index (χ4n) is 3.43. The lowest BCUT2D eigenvalue weighted by Crippen LogP contribution is -2.35. The molecule has 1 N–H and O–H groups in total. The van der Waals surface area contributed by atoms with E-state index in [4.69, 9.17) is 9.84 Å². The van der Waals surface area contributed by atoms with Crippen molar-refractivity contribution in [3.05, 3.63) is 70.3 Å². The number of benzene rings is 2. The lowest BCUT2D eigenvalue weighted by molar-refractivity contribution is 0.0342. The number of aromatic nitrogens is 1. The van der Waals surface area contributed by atoms with Crippen molar-refractivity contribution in [2.24, 2.45) is 0 Å². The van der Waals surface area contributed by atoms with Crippen molar-refractivity contribution in [1.29, 1.82) is 0 Å². The highest BCUT2D eigenvalue weighted by atomic mass is 19.1. The summed E-state index contributed by atoms with van der Waals surface area (Å²) in [7, 11) is 0. The molecule has 0 saturated carbocycles. The SMILES string of the molecule is O=C(O)Oc1cn(-c2ccc(CN3CCOCC3)cc2)c2cc(F)ccc2c1=O. The van der Waals surface area contributed by atoms with Crippen molar-refractivity contribution in [1.82, 2.24) is 9.47 Å². The number of ether oxygens (including phenoxy) is 2. The predicted octanol–water partition coefficient (Wildman–Crippen LogP) is 3.02. The first-order valence-corrected chi connectivity index (χ1v) is 9.16. The van der Waals surface area contributed by atoms with Gasteiger partial charge < -0.3 is 19.1 Å². The van der Waals surface area contributed by atoms with E-state index in [-0.39, 0.29) is 11.1 Å². The summed E-state index contributed by atoms with van der Waals surface area (Å²) in [6.45, 7) is 3.98. The largest absolute Gasteiger partial charge is 0.511 e. The first kappa shape index (κ1) is 19.1. The summed E-state index contributed by atoms with van der Waals surface area (Å²) in [5, 5.41) is 9.09. The molecule has 2 heterocycles. The summed E-state index contributed by atoms with van der Waals surface area (Å²) in [5.41, 5.74) is 1.48. The summed E-state index contributed by atoms with van der Waals surface area (Å²) < 4.78 is 25.4. The first-order chi connectivity index (χ1) is 14.0. The maximum Gasteiger partial charge on any atom is 0.511 e. The lowest BCUT2D eigenvalue weighted by Gasteiger charge is -2.26. The Morgan fingerprint density at radius 3 is 2.55 bits per heavy atom. The van der Waals surface area contributed by atoms with E-state index in [1.807, 2.05) is 24.3 Å². The lowest BCUT2D eigenvalue weighted by atomic mass is 10.1. The molecule has 1 aromatic heterocycles. The van der Waals surface area contributed by atoms with Gasteiger partial charge in [0.05, 0.1) is 30.3 Å². The zero-order valence-corrected chi connectivity index (χ0v) is 15.5. The van der Waals surface area contributed by atoms with Crippen LogP contribution < -0.4 is 10.2 Å². The van der Waals surface area contributed by atoms with E-state index in [0.717, 1.165) is 44.5 Å². The van der Waals surface area contributed by atoms with Crippen LogP contribution in [0.5, 0.6) is 5.75 Å². The average Bonchev–Trinajstić information content (AvgIpc) is 2.71. The third-order valence-electron chi connectivity index (χ3n) is 4.86. The van der Waals surface area contributed by atoms with Crippen LogP contribution >= 0.6 is 0 Å². The highest BCUT2D eigenvalue weighted by Gasteiger charge is 2.15. The minimum absolute atomic E-state index is 0.169. The Balaban J connectivity index is 1.73. The fraction of sp³-hybridized carbons (Fsp3) is 0.238. The minimum atomic E-state index is -1.59. The van der Waals surface area contributed by atoms with Crippen LogP contribution in [0.25, 0.3) is 16.6 Å². The molecule has 2 aromatic carbocycles. The van der Waals surface area contributed by atoms with Crippen LogP contribution in [0, 0.1) is 5.82 Å². The van der Waals surface area contributed by atoms with Crippen molar-refractivity contribution in [2.75, 3.05) is 26.3 Å². The van der Waals surface area contributed by atoms with E-state index in [0.29, 0.717) is 11.2 Å². The predicted molar refractivity (Wildman–Crippen MR) is 104 cm³/mol. The van der Waals surface area contributed by atoms with Gasteiger partial charge in [-0.3, -0.25) is 9.69 Å². The highest BCUT2D eigenvalue weighted by molar-refractivity contribution is 5.82. The van der Waals surface area contributed by atoms with Crippen molar-refractivity contribution >= 4 is 17.1 Å². The van der Waals surface area contributed by atoms with E-state index in [9.17, 15) is 14.0 Å². The number of rotatable bonds is 4. The van der Waals surface area contributed by atoms with Gasteiger partial charge in [0.2, 0.25) is 5.43 Å². The molecule has 29 heavy (non-hydrogen) atoms. The Morgan fingerprint density at radius 2 is 1.86 bits per heavy atom. The molecular formula is C21H19FN2O5. The van der Waals surface area contributed by atoms with E-state index >= 15 is 0 Å². The molecular weight excluding hydrogens is 379 g/mol. The molecule has 3 aromatic rings. The zero-order chi connectivity index (χ0) is 20.4. The Morgan fingerprint density at radius 1 is 1.14 bits per heavy atom. The van der Waals surface area contributed by atoms with Crippen LogP contribution in [0.15, 0.2) is 53.5 Å². The number of nitrogens with zero attached hydrogens (tertiary/aromatic N) is 2. The topological polar surface area (TPSA) is 81.0 Å². The second-order valence-electron chi connectivity index (χ2n) is 6.78. The molecule has 1 fully saturated rings. The number of hydrogen-bond acceptors (Lipinski definition) is 5. The molecule has 0 spiro atoms. The van der Waals surface area contributed by atoms with Crippen LogP contribution in [0.2, 0.25) is 0 Å². The van der Waals surface area contributed by atoms with Gasteiger partial charge in [-0.2, -0.15) is 0 Å². The third kappa shape index (κ3) is 4.13. The molecule has 1 aliphatic heterocycles. The summed E-state index contributed by atoms with van der Waals surface area (Å²) in [4.78, 5) is 25.7. The van der Waals surface area contributed by atoms with E-state index in [2.05, 4.69) is 9.64 Å². The van der Waals surface area contributed by atoms with Crippen LogP contribution in [0.1, 0.15) is 5.56 Å². The van der Waals surface area contributed by atoms with E-state index in [1.165, 1.54) is 18.3 Å². The Bertz CT molecular complexity index is 1100. The molecule has 0 atom stereocenters. The van der Waals surface area contributed by atoms with Gasteiger partial charge in [-0.25, -0.2) is 9.18 Å². The molecule has 150 valence electrons. The van der Waals surface area contributed by atoms with Crippen LogP contribution in [0.3, 0.4) is 0 Å². The van der Waals surface area contributed by atoms with Crippen molar-refractivity contribution in [3.8, 4) is 11.4 Å². The molecule has 0 bridgehead atoms. The van der Waals surface area contributed by atoms with Crippen molar-refractivity contribution in [2.45, 2.75) is 6.54 Å². The summed E-state index contributed by atoms with van der Waals surface area (Å²) in [6, 6.07) is 11.3. The summed E-state index contributed by atoms with van der Waals surface area (Å²) in [6.07, 6.45) is -0.314. The van der Waals surface area contributed by atoms with Gasteiger partial charge in [0.25, 0.3) is 0 Å². The van der Waals surface area contributed by atoms with Crippen molar-refractivity contribution in [3.63, 3.8) is 0 Å². The summed E-state index contributed by atoms with van der Waals surface area (Å²) in [5.74, 6) is -0.838. The molecule has 0 amide bonds. The first-order valence-electron chi connectivity index (χ1n) is 9.16. The molecule has 4 rings (SSSR count). The van der Waals surface area contributed by atoms with Gasteiger partial charge in [0.1, 0.15) is 5.82 Å². The normalized spacial score (nSPS) is 14.8. The summed E-state index contributed by atoms with van der Waals surface area (Å²) >= 11 is 0. The molecule has 1 aliphatic rings. The maximum atomic E-state index is 13.8. The second-order valence-corrected chi connectivity index (χ2v) is 6.78. The number of hydrogen-bond donors (Lipinski definition) is 1. The zero-order valence-electron chi connectivity index (χ0n) is 15.5. The van der Waals surface area contributed by atoms with Gasteiger partial charge in [-0.1, -0.05) is 12.1 Å². The average molecular weight is 398 g/mol. The Hall–Kier alpha value is -3.23. The quantitative estimate of drug-likeness (QED) is 0.681. The Kier molecular flexibility index (Phi) is 5.28. The molecule has 0 unspecified atom stereocenters. The number of halogens is 1. The molecule has 0 radical (unpaired) electrons. The molecule has 7 nitrogen and oxygen atoms in total. The fourth-order valence-corrected chi connectivity index (χ4v) is 3.43. The van der Waals surface area contributed by atoms with E-state index < -0.39 is 17.4 Å². The number of morpholine rings is 1. The minimum Gasteiger partial charge on any atom is -0.449 e. The smallest absolute Gasteiger partial charge is 0.449 e. The van der Waals surface area contributed by atoms with Gasteiger partial charge in [0.15, 0.2) is 5.75 Å². The van der Waals surface area contributed by atoms with Gasteiger partial charge in [-0.15, -0.1) is 0 Å². The number of pyridine rings is 1. The number of carbonyl (C=O) groups is 1. The maximum absolute atomic E-state index is 13.8.